The fraction of sp³-hybridized carbons (Fsp3) is 0.211. The van der Waals surface area contributed by atoms with Crippen LogP contribution in [0.2, 0.25) is 0 Å². The molecule has 128 valence electrons. The van der Waals surface area contributed by atoms with Crippen molar-refractivity contribution in [1.29, 1.82) is 0 Å². The number of hydrazone groups is 1. The maximum Gasteiger partial charge on any atom is 0.275 e. The van der Waals surface area contributed by atoms with E-state index in [0.717, 1.165) is 5.71 Å². The molecule has 2 amide bonds. The molecule has 3 rings (SSSR count). The molecule has 0 aliphatic carbocycles. The summed E-state index contributed by atoms with van der Waals surface area (Å²) in [6.07, 6.45) is 0.515. The van der Waals surface area contributed by atoms with E-state index in [1.54, 1.807) is 36.4 Å². The Labute approximate surface area is 146 Å². The summed E-state index contributed by atoms with van der Waals surface area (Å²) < 4.78 is 0. The van der Waals surface area contributed by atoms with Gasteiger partial charge in [0, 0.05) is 23.3 Å². The number of amides is 2. The Hall–Kier alpha value is -2.99. The van der Waals surface area contributed by atoms with Crippen LogP contribution >= 0.6 is 0 Å². The number of carbonyl (C=O) groups is 2. The fourth-order valence-electron chi connectivity index (χ4n) is 2.81. The second kappa shape index (κ2) is 6.86. The lowest BCUT2D eigenvalue weighted by Gasteiger charge is -2.33. The second-order valence-corrected chi connectivity index (χ2v) is 6.21. The van der Waals surface area contributed by atoms with E-state index in [-0.39, 0.29) is 11.8 Å². The molecular formula is C19H20N4O2. The van der Waals surface area contributed by atoms with Gasteiger partial charge in [-0.1, -0.05) is 36.4 Å². The molecule has 1 unspecified atom stereocenters. The van der Waals surface area contributed by atoms with Gasteiger partial charge in [-0.2, -0.15) is 5.10 Å². The third-order valence-corrected chi connectivity index (χ3v) is 4.03. The topological polar surface area (TPSA) is 73.8 Å². The van der Waals surface area contributed by atoms with Crippen molar-refractivity contribution in [1.82, 2.24) is 15.9 Å². The van der Waals surface area contributed by atoms with Gasteiger partial charge in [0.15, 0.2) is 0 Å². The molecule has 1 aliphatic rings. The van der Waals surface area contributed by atoms with Crippen LogP contribution in [0.5, 0.6) is 0 Å². The number of nitrogens with zero attached hydrogens (tertiary/aromatic N) is 2. The van der Waals surface area contributed by atoms with Crippen molar-refractivity contribution in [3.63, 3.8) is 0 Å². The Balaban J connectivity index is 1.75. The SMILES string of the molecule is CC1=NN(C(=O)c2ccccc2)C(C)(NNC(=O)c2ccccc2)C1. The monoisotopic (exact) mass is 336 g/mol. The molecule has 6 nitrogen and oxygen atoms in total. The molecule has 0 radical (unpaired) electrons. The van der Waals surface area contributed by atoms with E-state index in [1.165, 1.54) is 5.01 Å². The summed E-state index contributed by atoms with van der Waals surface area (Å²) in [5.41, 5.74) is 6.72. The third kappa shape index (κ3) is 3.59. The average molecular weight is 336 g/mol. The molecule has 0 bridgehead atoms. The number of carbonyl (C=O) groups excluding carboxylic acids is 2. The summed E-state index contributed by atoms with van der Waals surface area (Å²) >= 11 is 0. The summed E-state index contributed by atoms with van der Waals surface area (Å²) in [6.45, 7) is 3.69. The largest absolute Gasteiger partial charge is 0.285 e. The summed E-state index contributed by atoms with van der Waals surface area (Å²) in [5, 5.41) is 5.75. The van der Waals surface area contributed by atoms with Gasteiger partial charge in [0.25, 0.3) is 11.8 Å². The van der Waals surface area contributed by atoms with Crippen molar-refractivity contribution < 1.29 is 9.59 Å². The van der Waals surface area contributed by atoms with Crippen molar-refractivity contribution in [3.05, 3.63) is 71.8 Å². The van der Waals surface area contributed by atoms with Crippen molar-refractivity contribution >= 4 is 17.5 Å². The fourth-order valence-corrected chi connectivity index (χ4v) is 2.81. The minimum Gasteiger partial charge on any atom is -0.285 e. The van der Waals surface area contributed by atoms with Crippen molar-refractivity contribution in [2.24, 2.45) is 5.10 Å². The lowest BCUT2D eigenvalue weighted by atomic mass is 10.1. The zero-order valence-corrected chi connectivity index (χ0v) is 14.2. The molecule has 2 N–H and O–H groups in total. The zero-order chi connectivity index (χ0) is 17.9. The van der Waals surface area contributed by atoms with Gasteiger partial charge in [-0.05, 0) is 38.1 Å². The van der Waals surface area contributed by atoms with E-state index in [0.29, 0.717) is 17.5 Å². The van der Waals surface area contributed by atoms with E-state index in [9.17, 15) is 9.59 Å². The Morgan fingerprint density at radius 2 is 1.56 bits per heavy atom. The van der Waals surface area contributed by atoms with Crippen LogP contribution in [0.3, 0.4) is 0 Å². The van der Waals surface area contributed by atoms with Crippen LogP contribution in [0.4, 0.5) is 0 Å². The van der Waals surface area contributed by atoms with Gasteiger partial charge in [-0.3, -0.25) is 15.0 Å². The number of hydrazine groups is 1. The highest BCUT2D eigenvalue weighted by Crippen LogP contribution is 2.26. The van der Waals surface area contributed by atoms with Crippen LogP contribution in [0.1, 0.15) is 41.0 Å². The van der Waals surface area contributed by atoms with Crippen molar-refractivity contribution in [2.45, 2.75) is 25.9 Å². The van der Waals surface area contributed by atoms with E-state index in [1.807, 2.05) is 38.1 Å². The van der Waals surface area contributed by atoms with E-state index < -0.39 is 5.66 Å². The molecule has 2 aromatic rings. The van der Waals surface area contributed by atoms with Crippen LogP contribution in [0.25, 0.3) is 0 Å². The van der Waals surface area contributed by atoms with Crippen LogP contribution in [0.15, 0.2) is 65.8 Å². The first-order valence-corrected chi connectivity index (χ1v) is 8.06. The Bertz CT molecular complexity index is 805. The molecule has 1 heterocycles. The third-order valence-electron chi connectivity index (χ3n) is 4.03. The van der Waals surface area contributed by atoms with Gasteiger partial charge in [-0.15, -0.1) is 0 Å². The van der Waals surface area contributed by atoms with Gasteiger partial charge < -0.3 is 0 Å². The molecule has 0 spiro atoms. The van der Waals surface area contributed by atoms with Crippen LogP contribution in [-0.2, 0) is 0 Å². The number of nitrogens with one attached hydrogen (secondary N) is 2. The zero-order valence-electron chi connectivity index (χ0n) is 14.2. The number of hydrogen-bond donors (Lipinski definition) is 2. The number of benzene rings is 2. The summed E-state index contributed by atoms with van der Waals surface area (Å²) in [6, 6.07) is 17.8. The second-order valence-electron chi connectivity index (χ2n) is 6.21. The first kappa shape index (κ1) is 16.9. The summed E-state index contributed by atoms with van der Waals surface area (Å²) in [5.74, 6) is -0.486. The highest BCUT2D eigenvalue weighted by molar-refractivity contribution is 5.98. The average Bonchev–Trinajstić information content (AvgIpc) is 2.95. The van der Waals surface area contributed by atoms with Gasteiger partial charge in [-0.25, -0.2) is 10.4 Å². The van der Waals surface area contributed by atoms with Crippen molar-refractivity contribution in [3.8, 4) is 0 Å². The molecule has 0 fully saturated rings. The highest BCUT2D eigenvalue weighted by Gasteiger charge is 2.41. The van der Waals surface area contributed by atoms with Gasteiger partial charge in [0.2, 0.25) is 0 Å². The van der Waals surface area contributed by atoms with Gasteiger partial charge >= 0.3 is 0 Å². The molecule has 0 saturated heterocycles. The standard InChI is InChI=1S/C19H20N4O2/c1-14-13-19(2,22-20-17(24)15-9-5-3-6-10-15)23(21-14)18(25)16-11-7-4-8-12-16/h3-12,22H,13H2,1-2H3,(H,20,24). The Morgan fingerprint density at radius 1 is 1.00 bits per heavy atom. The Kier molecular flexibility index (Phi) is 4.63. The van der Waals surface area contributed by atoms with Crippen LogP contribution in [0, 0.1) is 0 Å². The predicted molar refractivity (Wildman–Crippen MR) is 95.8 cm³/mol. The molecule has 6 heteroatoms. The lowest BCUT2D eigenvalue weighted by Crippen LogP contribution is -2.60. The Morgan fingerprint density at radius 3 is 2.16 bits per heavy atom. The van der Waals surface area contributed by atoms with E-state index >= 15 is 0 Å². The summed E-state index contributed by atoms with van der Waals surface area (Å²) in [4.78, 5) is 25.0. The molecule has 0 aromatic heterocycles. The first-order chi connectivity index (χ1) is 12.0. The smallest absolute Gasteiger partial charge is 0.275 e. The number of hydrogen-bond acceptors (Lipinski definition) is 4. The molecule has 2 aromatic carbocycles. The normalized spacial score (nSPS) is 19.4. The number of rotatable bonds is 4. The van der Waals surface area contributed by atoms with Crippen LogP contribution < -0.4 is 10.9 Å². The predicted octanol–water partition coefficient (Wildman–Crippen LogP) is 2.56. The van der Waals surface area contributed by atoms with Crippen LogP contribution in [-0.4, -0.2) is 28.2 Å². The quantitative estimate of drug-likeness (QED) is 0.843. The molecule has 0 saturated carbocycles. The molecule has 1 atom stereocenters. The van der Waals surface area contributed by atoms with E-state index in [2.05, 4.69) is 16.0 Å². The van der Waals surface area contributed by atoms with Gasteiger partial charge in [0.1, 0.15) is 5.66 Å². The molecule has 25 heavy (non-hydrogen) atoms. The highest BCUT2D eigenvalue weighted by atomic mass is 16.2. The maximum atomic E-state index is 12.8. The maximum absolute atomic E-state index is 12.8. The minimum atomic E-state index is -0.832. The van der Waals surface area contributed by atoms with E-state index in [4.69, 9.17) is 0 Å². The summed E-state index contributed by atoms with van der Waals surface area (Å²) in [7, 11) is 0. The van der Waals surface area contributed by atoms with Gasteiger partial charge in [0.05, 0.1) is 0 Å². The first-order valence-electron chi connectivity index (χ1n) is 8.06. The molecule has 1 aliphatic heterocycles. The van der Waals surface area contributed by atoms with Crippen molar-refractivity contribution in [2.75, 3.05) is 0 Å². The molecular weight excluding hydrogens is 316 g/mol. The lowest BCUT2D eigenvalue weighted by molar-refractivity contribution is 0.0438. The minimum absolute atomic E-state index is 0.221.